The Morgan fingerprint density at radius 2 is 1.94 bits per heavy atom. The summed E-state index contributed by atoms with van der Waals surface area (Å²) in [6.07, 6.45) is 4.00. The predicted molar refractivity (Wildman–Crippen MR) is 71.7 cm³/mol. The summed E-state index contributed by atoms with van der Waals surface area (Å²) in [6, 6.07) is 5.88. The van der Waals surface area contributed by atoms with Crippen LogP contribution in [0.25, 0.3) is 0 Å². The molecule has 0 radical (unpaired) electrons. The lowest BCUT2D eigenvalue weighted by Crippen LogP contribution is -2.44. The number of hydrogen-bond donors (Lipinski definition) is 1. The molecular weight excluding hydrogens is 297 g/mol. The summed E-state index contributed by atoms with van der Waals surface area (Å²) in [6.45, 7) is 0.850. The molecule has 3 rings (SSSR count). The van der Waals surface area contributed by atoms with E-state index in [1.165, 1.54) is 25.0 Å². The summed E-state index contributed by atoms with van der Waals surface area (Å²) in [5, 5.41) is 9.78. The molecule has 2 saturated heterocycles. The zero-order chi connectivity index (χ0) is 12.7. The molecule has 2 aliphatic rings. The second-order valence-electron chi connectivity index (χ2n) is 5.42. The zero-order valence-electron chi connectivity index (χ0n) is 10.1. The van der Waals surface area contributed by atoms with E-state index in [1.807, 2.05) is 6.07 Å². The molecule has 0 amide bonds. The Hall–Kier alpha value is -0.450. The number of hydrogen-bond acceptors (Lipinski definition) is 2. The van der Waals surface area contributed by atoms with E-state index in [9.17, 15) is 9.50 Å². The summed E-state index contributed by atoms with van der Waals surface area (Å²) in [7, 11) is 0. The number of benzene rings is 1. The summed E-state index contributed by atoms with van der Waals surface area (Å²) in [5.41, 5.74) is 1.13. The van der Waals surface area contributed by atoms with Crippen molar-refractivity contribution in [3.8, 4) is 0 Å². The molecule has 2 bridgehead atoms. The van der Waals surface area contributed by atoms with Crippen LogP contribution in [0.15, 0.2) is 22.7 Å². The van der Waals surface area contributed by atoms with Gasteiger partial charge in [-0.2, -0.15) is 0 Å². The molecule has 1 aromatic carbocycles. The highest BCUT2D eigenvalue weighted by molar-refractivity contribution is 9.10. The van der Waals surface area contributed by atoms with E-state index in [0.29, 0.717) is 12.1 Å². The molecule has 2 fully saturated rings. The highest BCUT2D eigenvalue weighted by atomic mass is 79.9. The van der Waals surface area contributed by atoms with Crippen LogP contribution in [0.1, 0.15) is 31.2 Å². The van der Waals surface area contributed by atoms with Gasteiger partial charge in [0, 0.05) is 23.1 Å². The number of halogens is 2. The first-order valence-corrected chi connectivity index (χ1v) is 7.30. The van der Waals surface area contributed by atoms with E-state index in [4.69, 9.17) is 0 Å². The lowest BCUT2D eigenvalue weighted by atomic mass is 9.99. The van der Waals surface area contributed by atoms with Crippen LogP contribution in [0.4, 0.5) is 4.39 Å². The maximum absolute atomic E-state index is 13.1. The van der Waals surface area contributed by atoms with Gasteiger partial charge in [0.15, 0.2) is 0 Å². The number of fused-ring (bicyclic) bond motifs is 2. The van der Waals surface area contributed by atoms with Gasteiger partial charge in [0.2, 0.25) is 0 Å². The van der Waals surface area contributed by atoms with Crippen LogP contribution in [0.5, 0.6) is 0 Å². The standard InChI is InChI=1S/C14H17BrFNO/c15-14-5-10(16)2-1-9(14)8-17-11-3-4-12(17)7-13(18)6-11/h1-2,5,11-13,18H,3-4,6-8H2. The van der Waals surface area contributed by atoms with Gasteiger partial charge in [0.1, 0.15) is 5.82 Å². The Morgan fingerprint density at radius 1 is 1.28 bits per heavy atom. The molecule has 4 heteroatoms. The number of rotatable bonds is 2. The SMILES string of the molecule is OC1CC2CCC(C1)N2Cc1ccc(F)cc1Br. The van der Waals surface area contributed by atoms with Gasteiger partial charge in [-0.3, -0.25) is 4.90 Å². The second-order valence-corrected chi connectivity index (χ2v) is 6.27. The fraction of sp³-hybridized carbons (Fsp3) is 0.571. The topological polar surface area (TPSA) is 23.5 Å². The predicted octanol–water partition coefficient (Wildman–Crippen LogP) is 3.08. The third-order valence-electron chi connectivity index (χ3n) is 4.23. The molecule has 2 atom stereocenters. The summed E-state index contributed by atoms with van der Waals surface area (Å²) < 4.78 is 13.9. The molecule has 1 aromatic rings. The third kappa shape index (κ3) is 2.33. The molecule has 0 aromatic heterocycles. The third-order valence-corrected chi connectivity index (χ3v) is 4.97. The van der Waals surface area contributed by atoms with Gasteiger partial charge in [-0.25, -0.2) is 4.39 Å². The first-order valence-electron chi connectivity index (χ1n) is 6.51. The summed E-state index contributed by atoms with van der Waals surface area (Å²) >= 11 is 3.43. The van der Waals surface area contributed by atoms with Gasteiger partial charge < -0.3 is 5.11 Å². The van der Waals surface area contributed by atoms with Crippen molar-refractivity contribution in [2.75, 3.05) is 0 Å². The van der Waals surface area contributed by atoms with Crippen LogP contribution >= 0.6 is 15.9 Å². The van der Waals surface area contributed by atoms with E-state index in [2.05, 4.69) is 20.8 Å². The first-order chi connectivity index (χ1) is 8.63. The van der Waals surface area contributed by atoms with Crippen LogP contribution in [-0.4, -0.2) is 28.2 Å². The van der Waals surface area contributed by atoms with Gasteiger partial charge in [0.05, 0.1) is 6.10 Å². The molecular formula is C14H17BrFNO. The minimum Gasteiger partial charge on any atom is -0.393 e. The van der Waals surface area contributed by atoms with Crippen LogP contribution in [0.2, 0.25) is 0 Å². The Balaban J connectivity index is 1.77. The molecule has 2 nitrogen and oxygen atoms in total. The van der Waals surface area contributed by atoms with Crippen molar-refractivity contribution < 1.29 is 9.50 Å². The van der Waals surface area contributed by atoms with E-state index < -0.39 is 0 Å². The molecule has 0 aliphatic carbocycles. The second kappa shape index (κ2) is 4.91. The van der Waals surface area contributed by atoms with Crippen molar-refractivity contribution in [1.29, 1.82) is 0 Å². The van der Waals surface area contributed by atoms with Crippen LogP contribution in [0.3, 0.4) is 0 Å². The van der Waals surface area contributed by atoms with Gasteiger partial charge in [-0.05, 0) is 43.4 Å². The van der Waals surface area contributed by atoms with Crippen molar-refractivity contribution in [2.24, 2.45) is 0 Å². The van der Waals surface area contributed by atoms with Crippen molar-refractivity contribution in [1.82, 2.24) is 4.90 Å². The highest BCUT2D eigenvalue weighted by Crippen LogP contribution is 2.37. The minimum atomic E-state index is -0.206. The number of aliphatic hydroxyl groups is 1. The van der Waals surface area contributed by atoms with E-state index in [1.54, 1.807) is 0 Å². The van der Waals surface area contributed by atoms with Crippen molar-refractivity contribution in [3.05, 3.63) is 34.1 Å². The molecule has 0 saturated carbocycles. The van der Waals surface area contributed by atoms with Crippen molar-refractivity contribution in [2.45, 2.75) is 50.4 Å². The molecule has 2 unspecified atom stereocenters. The Labute approximate surface area is 115 Å². The highest BCUT2D eigenvalue weighted by Gasteiger charge is 2.39. The normalized spacial score (nSPS) is 31.8. The van der Waals surface area contributed by atoms with Crippen molar-refractivity contribution >= 4 is 15.9 Å². The van der Waals surface area contributed by atoms with Crippen LogP contribution in [-0.2, 0) is 6.54 Å². The number of nitrogens with zero attached hydrogens (tertiary/aromatic N) is 1. The Bertz CT molecular complexity index is 439. The lowest BCUT2D eigenvalue weighted by Gasteiger charge is -2.37. The largest absolute Gasteiger partial charge is 0.393 e. The lowest BCUT2D eigenvalue weighted by molar-refractivity contribution is 0.0309. The minimum absolute atomic E-state index is 0.129. The maximum Gasteiger partial charge on any atom is 0.124 e. The monoisotopic (exact) mass is 313 g/mol. The van der Waals surface area contributed by atoms with E-state index in [-0.39, 0.29) is 11.9 Å². The van der Waals surface area contributed by atoms with Gasteiger partial charge in [-0.15, -0.1) is 0 Å². The summed E-state index contributed by atoms with van der Waals surface area (Å²) in [5.74, 6) is -0.206. The van der Waals surface area contributed by atoms with Gasteiger partial charge in [0.25, 0.3) is 0 Å². The fourth-order valence-corrected chi connectivity index (χ4v) is 3.83. The Kier molecular flexibility index (Phi) is 3.43. The smallest absolute Gasteiger partial charge is 0.124 e. The summed E-state index contributed by atoms with van der Waals surface area (Å²) in [4.78, 5) is 2.48. The van der Waals surface area contributed by atoms with Crippen molar-refractivity contribution in [3.63, 3.8) is 0 Å². The van der Waals surface area contributed by atoms with E-state index in [0.717, 1.165) is 29.4 Å². The van der Waals surface area contributed by atoms with Crippen LogP contribution < -0.4 is 0 Å². The first kappa shape index (κ1) is 12.6. The molecule has 2 heterocycles. The molecule has 18 heavy (non-hydrogen) atoms. The maximum atomic E-state index is 13.1. The quantitative estimate of drug-likeness (QED) is 0.907. The van der Waals surface area contributed by atoms with E-state index >= 15 is 0 Å². The number of aliphatic hydroxyl groups excluding tert-OH is 1. The Morgan fingerprint density at radius 3 is 2.56 bits per heavy atom. The number of piperidine rings is 1. The zero-order valence-corrected chi connectivity index (χ0v) is 11.7. The van der Waals surface area contributed by atoms with Gasteiger partial charge >= 0.3 is 0 Å². The van der Waals surface area contributed by atoms with Crippen LogP contribution in [0, 0.1) is 5.82 Å². The average Bonchev–Trinajstić information content (AvgIpc) is 2.56. The molecule has 98 valence electrons. The molecule has 2 aliphatic heterocycles. The van der Waals surface area contributed by atoms with Gasteiger partial charge in [-0.1, -0.05) is 22.0 Å². The fourth-order valence-electron chi connectivity index (χ4n) is 3.35. The molecule has 0 spiro atoms. The average molecular weight is 314 g/mol. The molecule has 1 N–H and O–H groups in total.